The molecule has 66 valence electrons. The minimum Gasteiger partial charge on any atom is -0.508 e. The Balaban J connectivity index is 3.28. The molecule has 0 heterocycles. The molecule has 0 aliphatic carbocycles. The van der Waals surface area contributed by atoms with Crippen molar-refractivity contribution in [2.24, 2.45) is 0 Å². The van der Waals surface area contributed by atoms with Crippen LogP contribution < -0.4 is 0 Å². The topological polar surface area (TPSA) is 20.2 Å². The first-order chi connectivity index (χ1) is 5.52. The molecule has 1 rings (SSSR count). The Hall–Kier alpha value is -0.400. The summed E-state index contributed by atoms with van der Waals surface area (Å²) in [4.78, 5) is 0. The molecule has 0 spiro atoms. The van der Waals surface area contributed by atoms with Crippen LogP contribution in [0.1, 0.15) is 25.3 Å². The summed E-state index contributed by atoms with van der Waals surface area (Å²) in [6, 6.07) is 3.14. The molecule has 0 aliphatic heterocycles. The van der Waals surface area contributed by atoms with Crippen LogP contribution in [-0.4, -0.2) is 5.11 Å². The number of halogens is 2. The third kappa shape index (κ3) is 1.85. The van der Waals surface area contributed by atoms with E-state index in [1.807, 2.05) is 13.8 Å². The molecule has 0 amide bonds. The molecule has 0 unspecified atom stereocenters. The summed E-state index contributed by atoms with van der Waals surface area (Å²) < 4.78 is 0. The molecule has 0 atom stereocenters. The smallest absolute Gasteiger partial charge is 0.122 e. The van der Waals surface area contributed by atoms with Crippen molar-refractivity contribution < 1.29 is 5.11 Å². The first kappa shape index (κ1) is 9.69. The molecule has 0 saturated heterocycles. The Bertz CT molecular complexity index is 272. The number of rotatable bonds is 1. The van der Waals surface area contributed by atoms with Gasteiger partial charge >= 0.3 is 0 Å². The molecule has 0 bridgehead atoms. The lowest BCUT2D eigenvalue weighted by Gasteiger charge is -2.10. The predicted molar refractivity (Wildman–Crippen MR) is 52.2 cm³/mol. The number of hydrogen-bond acceptors (Lipinski definition) is 1. The molecule has 0 aliphatic rings. The van der Waals surface area contributed by atoms with Crippen molar-refractivity contribution >= 4 is 23.2 Å². The van der Waals surface area contributed by atoms with Gasteiger partial charge in [-0.2, -0.15) is 0 Å². The standard InChI is InChI=1S/C9H10Cl2O/c1-5(2)9-7(11)3-6(10)4-8(9)12/h3-5,12H,1-2H3. The Morgan fingerprint density at radius 3 is 2.25 bits per heavy atom. The number of benzene rings is 1. The average Bonchev–Trinajstić information content (AvgIpc) is 1.82. The van der Waals surface area contributed by atoms with E-state index in [0.717, 1.165) is 5.56 Å². The highest BCUT2D eigenvalue weighted by molar-refractivity contribution is 6.35. The quantitative estimate of drug-likeness (QED) is 0.738. The minimum atomic E-state index is 0.169. The second-order valence-corrected chi connectivity index (χ2v) is 3.82. The largest absolute Gasteiger partial charge is 0.508 e. The Kier molecular flexibility index (Phi) is 2.86. The number of aromatic hydroxyl groups is 1. The van der Waals surface area contributed by atoms with Crippen molar-refractivity contribution in [3.05, 3.63) is 27.7 Å². The van der Waals surface area contributed by atoms with Gasteiger partial charge in [0.05, 0.1) is 0 Å². The van der Waals surface area contributed by atoms with Gasteiger partial charge in [0.2, 0.25) is 0 Å². The SMILES string of the molecule is CC(C)c1c(O)cc(Cl)cc1Cl. The maximum atomic E-state index is 9.47. The van der Waals surface area contributed by atoms with Gasteiger partial charge in [0, 0.05) is 15.6 Å². The summed E-state index contributed by atoms with van der Waals surface area (Å²) in [6.45, 7) is 3.93. The lowest BCUT2D eigenvalue weighted by molar-refractivity contribution is 0.465. The van der Waals surface area contributed by atoms with Crippen molar-refractivity contribution in [1.29, 1.82) is 0 Å². The van der Waals surface area contributed by atoms with Gasteiger partial charge in [-0.15, -0.1) is 0 Å². The minimum absolute atomic E-state index is 0.169. The fourth-order valence-corrected chi connectivity index (χ4v) is 1.84. The van der Waals surface area contributed by atoms with Crippen molar-refractivity contribution in [3.63, 3.8) is 0 Å². The fourth-order valence-electron chi connectivity index (χ4n) is 1.14. The van der Waals surface area contributed by atoms with E-state index >= 15 is 0 Å². The summed E-state index contributed by atoms with van der Waals surface area (Å²) >= 11 is 11.6. The van der Waals surface area contributed by atoms with E-state index in [9.17, 15) is 5.11 Å². The molecule has 3 heteroatoms. The van der Waals surface area contributed by atoms with E-state index in [1.165, 1.54) is 6.07 Å². The van der Waals surface area contributed by atoms with Crippen LogP contribution in [0.5, 0.6) is 5.75 Å². The molecule has 0 aromatic heterocycles. The number of phenolic OH excluding ortho intramolecular Hbond substituents is 1. The van der Waals surface area contributed by atoms with E-state index in [-0.39, 0.29) is 11.7 Å². The molecule has 1 aromatic rings. The summed E-state index contributed by atoms with van der Waals surface area (Å²) in [7, 11) is 0. The zero-order valence-corrected chi connectivity index (χ0v) is 8.45. The highest BCUT2D eigenvalue weighted by Crippen LogP contribution is 2.34. The Morgan fingerprint density at radius 2 is 1.83 bits per heavy atom. The van der Waals surface area contributed by atoms with Gasteiger partial charge in [-0.05, 0) is 18.1 Å². The van der Waals surface area contributed by atoms with Crippen LogP contribution in [0, 0.1) is 0 Å². The first-order valence-corrected chi connectivity index (χ1v) is 4.46. The summed E-state index contributed by atoms with van der Waals surface area (Å²) in [5.74, 6) is 0.372. The van der Waals surface area contributed by atoms with Gasteiger partial charge < -0.3 is 5.11 Å². The lowest BCUT2D eigenvalue weighted by atomic mass is 10.0. The monoisotopic (exact) mass is 204 g/mol. The van der Waals surface area contributed by atoms with Gasteiger partial charge in [0.15, 0.2) is 0 Å². The number of phenols is 1. The Morgan fingerprint density at radius 1 is 1.25 bits per heavy atom. The maximum Gasteiger partial charge on any atom is 0.122 e. The molecular weight excluding hydrogens is 195 g/mol. The van der Waals surface area contributed by atoms with Crippen molar-refractivity contribution in [2.75, 3.05) is 0 Å². The van der Waals surface area contributed by atoms with Crippen molar-refractivity contribution in [2.45, 2.75) is 19.8 Å². The normalized spacial score (nSPS) is 10.8. The van der Waals surface area contributed by atoms with E-state index in [1.54, 1.807) is 6.07 Å². The third-order valence-electron chi connectivity index (χ3n) is 1.65. The van der Waals surface area contributed by atoms with Crippen LogP contribution in [0.4, 0.5) is 0 Å². The van der Waals surface area contributed by atoms with Crippen LogP contribution in [0.2, 0.25) is 10.0 Å². The van der Waals surface area contributed by atoms with Crippen LogP contribution in [0.3, 0.4) is 0 Å². The first-order valence-electron chi connectivity index (χ1n) is 3.70. The van der Waals surface area contributed by atoms with E-state index in [2.05, 4.69) is 0 Å². The van der Waals surface area contributed by atoms with Crippen LogP contribution in [0.15, 0.2) is 12.1 Å². The highest BCUT2D eigenvalue weighted by atomic mass is 35.5. The zero-order valence-electron chi connectivity index (χ0n) is 6.94. The molecule has 0 fully saturated rings. The van der Waals surface area contributed by atoms with E-state index < -0.39 is 0 Å². The average molecular weight is 205 g/mol. The molecule has 12 heavy (non-hydrogen) atoms. The molecule has 1 N–H and O–H groups in total. The van der Waals surface area contributed by atoms with Crippen molar-refractivity contribution in [3.8, 4) is 5.75 Å². The van der Waals surface area contributed by atoms with Gasteiger partial charge in [-0.25, -0.2) is 0 Å². The second-order valence-electron chi connectivity index (χ2n) is 2.98. The summed E-state index contributed by atoms with van der Waals surface area (Å²) in [6.07, 6.45) is 0. The lowest BCUT2D eigenvalue weighted by Crippen LogP contribution is -1.89. The maximum absolute atomic E-state index is 9.47. The second kappa shape index (κ2) is 3.55. The fraction of sp³-hybridized carbons (Fsp3) is 0.333. The third-order valence-corrected chi connectivity index (χ3v) is 2.18. The molecule has 0 saturated carbocycles. The molecule has 1 aromatic carbocycles. The van der Waals surface area contributed by atoms with Gasteiger partial charge in [-0.1, -0.05) is 37.0 Å². The zero-order chi connectivity index (χ0) is 9.30. The van der Waals surface area contributed by atoms with Crippen LogP contribution >= 0.6 is 23.2 Å². The van der Waals surface area contributed by atoms with Gasteiger partial charge in [-0.3, -0.25) is 0 Å². The summed E-state index contributed by atoms with van der Waals surface area (Å²) in [5, 5.41) is 10.5. The molecule has 0 radical (unpaired) electrons. The van der Waals surface area contributed by atoms with Gasteiger partial charge in [0.25, 0.3) is 0 Å². The Labute approximate surface area is 81.9 Å². The van der Waals surface area contributed by atoms with E-state index in [4.69, 9.17) is 23.2 Å². The van der Waals surface area contributed by atoms with Gasteiger partial charge in [0.1, 0.15) is 5.75 Å². The van der Waals surface area contributed by atoms with E-state index in [0.29, 0.717) is 10.0 Å². The number of hydrogen-bond donors (Lipinski definition) is 1. The highest BCUT2D eigenvalue weighted by Gasteiger charge is 2.11. The predicted octanol–water partition coefficient (Wildman–Crippen LogP) is 3.82. The van der Waals surface area contributed by atoms with Crippen LogP contribution in [-0.2, 0) is 0 Å². The summed E-state index contributed by atoms with van der Waals surface area (Å²) in [5.41, 5.74) is 0.751. The molecule has 1 nitrogen and oxygen atoms in total. The van der Waals surface area contributed by atoms with Crippen molar-refractivity contribution in [1.82, 2.24) is 0 Å². The van der Waals surface area contributed by atoms with Crippen LogP contribution in [0.25, 0.3) is 0 Å². The molecular formula is C9H10Cl2O.